The van der Waals surface area contributed by atoms with E-state index in [0.29, 0.717) is 18.0 Å². The lowest BCUT2D eigenvalue weighted by Crippen LogP contribution is -2.25. The molecule has 0 radical (unpaired) electrons. The molecule has 20 heavy (non-hydrogen) atoms. The zero-order valence-electron chi connectivity index (χ0n) is 11.1. The fraction of sp³-hybridized carbons (Fsp3) is 0.308. The highest BCUT2D eigenvalue weighted by atomic mass is 32.1. The second-order valence-electron chi connectivity index (χ2n) is 3.79. The van der Waals surface area contributed by atoms with Gasteiger partial charge in [-0.25, -0.2) is 4.79 Å². The average molecular weight is 294 g/mol. The van der Waals surface area contributed by atoms with Crippen LogP contribution in [0.2, 0.25) is 0 Å². The number of carbonyl (C=O) groups is 2. The van der Waals surface area contributed by atoms with E-state index in [-0.39, 0.29) is 6.61 Å². The summed E-state index contributed by atoms with van der Waals surface area (Å²) in [7, 11) is 0. The van der Waals surface area contributed by atoms with Gasteiger partial charge in [0.1, 0.15) is 5.75 Å². The van der Waals surface area contributed by atoms with E-state index in [2.05, 4.69) is 14.4 Å². The molecule has 0 atom stereocenters. The first-order valence-corrected chi connectivity index (χ1v) is 6.93. The summed E-state index contributed by atoms with van der Waals surface area (Å²) >= 11 is 1.22. The quantitative estimate of drug-likeness (QED) is 0.691. The van der Waals surface area contributed by atoms with Crippen LogP contribution in [0.3, 0.4) is 0 Å². The molecule has 1 amide bonds. The second-order valence-corrected chi connectivity index (χ2v) is 4.59. The molecule has 0 spiro atoms. The molecular formula is C13H14N2O4S. The number of ether oxygens (including phenoxy) is 2. The molecule has 0 saturated heterocycles. The molecule has 0 aliphatic carbocycles. The van der Waals surface area contributed by atoms with Crippen LogP contribution in [0.25, 0.3) is 10.1 Å². The summed E-state index contributed by atoms with van der Waals surface area (Å²) in [4.78, 5) is 23.0. The fourth-order valence-electron chi connectivity index (χ4n) is 1.68. The van der Waals surface area contributed by atoms with Crippen molar-refractivity contribution in [3.63, 3.8) is 0 Å². The van der Waals surface area contributed by atoms with Crippen LogP contribution < -0.4 is 10.1 Å². The Kier molecular flexibility index (Phi) is 4.52. The minimum absolute atomic E-state index is 0.158. The second kappa shape index (κ2) is 6.33. The van der Waals surface area contributed by atoms with Gasteiger partial charge in [-0.3, -0.25) is 4.79 Å². The van der Waals surface area contributed by atoms with E-state index in [0.717, 1.165) is 10.1 Å². The normalized spacial score (nSPS) is 10.3. The van der Waals surface area contributed by atoms with Gasteiger partial charge in [0.15, 0.2) is 0 Å². The summed E-state index contributed by atoms with van der Waals surface area (Å²) in [6.45, 7) is 4.23. The van der Waals surface area contributed by atoms with Crippen LogP contribution in [0.4, 0.5) is 5.69 Å². The molecule has 0 saturated carbocycles. The van der Waals surface area contributed by atoms with Gasteiger partial charge in [-0.2, -0.15) is 4.37 Å². The molecule has 1 aromatic heterocycles. The molecule has 2 aromatic rings. The Balaban J connectivity index is 2.27. The lowest BCUT2D eigenvalue weighted by Gasteiger charge is -2.08. The fourth-order valence-corrected chi connectivity index (χ4v) is 2.42. The number of carbonyl (C=O) groups excluding carboxylic acids is 2. The average Bonchev–Trinajstić information content (AvgIpc) is 2.91. The molecule has 0 aliphatic rings. The number of amides is 1. The predicted octanol–water partition coefficient (Wildman–Crippen LogP) is 2.20. The van der Waals surface area contributed by atoms with Gasteiger partial charge in [0.05, 0.1) is 35.2 Å². The number of hydrogen-bond donors (Lipinski definition) is 1. The van der Waals surface area contributed by atoms with Crippen molar-refractivity contribution in [1.29, 1.82) is 0 Å². The third-order valence-corrected chi connectivity index (χ3v) is 3.32. The van der Waals surface area contributed by atoms with Crippen LogP contribution in [0.1, 0.15) is 13.8 Å². The van der Waals surface area contributed by atoms with Gasteiger partial charge < -0.3 is 14.8 Å². The summed E-state index contributed by atoms with van der Waals surface area (Å²) in [5, 5.41) is 3.33. The Morgan fingerprint density at radius 3 is 2.80 bits per heavy atom. The Bertz CT molecular complexity index is 638. The zero-order chi connectivity index (χ0) is 14.5. The van der Waals surface area contributed by atoms with Crippen molar-refractivity contribution < 1.29 is 19.1 Å². The van der Waals surface area contributed by atoms with Crippen LogP contribution in [-0.4, -0.2) is 29.5 Å². The highest BCUT2D eigenvalue weighted by Gasteiger charge is 2.17. The molecule has 6 nitrogen and oxygen atoms in total. The van der Waals surface area contributed by atoms with E-state index in [1.165, 1.54) is 11.5 Å². The Labute approximate surface area is 119 Å². The number of aromatic nitrogens is 1. The van der Waals surface area contributed by atoms with Gasteiger partial charge in [0, 0.05) is 0 Å². The highest BCUT2D eigenvalue weighted by molar-refractivity contribution is 7.14. The van der Waals surface area contributed by atoms with Gasteiger partial charge in [-0.1, -0.05) is 0 Å². The number of fused-ring (bicyclic) bond motifs is 1. The summed E-state index contributed by atoms with van der Waals surface area (Å²) in [6.07, 6.45) is 1.67. The number of rotatable bonds is 4. The molecular weight excluding hydrogens is 280 g/mol. The summed E-state index contributed by atoms with van der Waals surface area (Å²) in [5.74, 6) is -1.00. The Morgan fingerprint density at radius 2 is 2.10 bits per heavy atom. The predicted molar refractivity (Wildman–Crippen MR) is 76.1 cm³/mol. The van der Waals surface area contributed by atoms with E-state index in [1.54, 1.807) is 25.3 Å². The molecule has 0 bridgehead atoms. The first-order chi connectivity index (χ1) is 9.67. The van der Waals surface area contributed by atoms with Crippen LogP contribution in [0.15, 0.2) is 18.3 Å². The van der Waals surface area contributed by atoms with Crippen molar-refractivity contribution in [2.24, 2.45) is 0 Å². The molecule has 1 N–H and O–H groups in total. The van der Waals surface area contributed by atoms with Crippen molar-refractivity contribution in [1.82, 2.24) is 4.37 Å². The highest BCUT2D eigenvalue weighted by Crippen LogP contribution is 2.34. The Morgan fingerprint density at radius 1 is 1.30 bits per heavy atom. The van der Waals surface area contributed by atoms with Crippen LogP contribution in [0.5, 0.6) is 5.75 Å². The van der Waals surface area contributed by atoms with Crippen molar-refractivity contribution in [2.75, 3.05) is 18.5 Å². The largest absolute Gasteiger partial charge is 0.493 e. The van der Waals surface area contributed by atoms with Gasteiger partial charge >= 0.3 is 11.9 Å². The molecule has 0 aliphatic heterocycles. The minimum Gasteiger partial charge on any atom is -0.493 e. The number of hydrogen-bond acceptors (Lipinski definition) is 6. The maximum Gasteiger partial charge on any atom is 0.397 e. The molecule has 0 unspecified atom stereocenters. The van der Waals surface area contributed by atoms with Crippen LogP contribution >= 0.6 is 11.5 Å². The third kappa shape index (κ3) is 2.88. The molecule has 2 rings (SSSR count). The van der Waals surface area contributed by atoms with E-state index < -0.39 is 11.9 Å². The number of nitrogens with zero attached hydrogens (tertiary/aromatic N) is 1. The first-order valence-electron chi connectivity index (χ1n) is 6.15. The van der Waals surface area contributed by atoms with Gasteiger partial charge in [0.2, 0.25) is 0 Å². The minimum atomic E-state index is -0.904. The SMILES string of the molecule is CCOC(=O)C(=O)Nc1ccc(OCC)c2cnsc12. The molecule has 106 valence electrons. The number of nitrogens with one attached hydrogen (secondary N) is 1. The van der Waals surface area contributed by atoms with Crippen molar-refractivity contribution in [2.45, 2.75) is 13.8 Å². The van der Waals surface area contributed by atoms with Gasteiger partial charge in [-0.15, -0.1) is 0 Å². The van der Waals surface area contributed by atoms with Crippen LogP contribution in [0, 0.1) is 0 Å². The summed E-state index contributed by atoms with van der Waals surface area (Å²) in [5.41, 5.74) is 0.518. The maximum absolute atomic E-state index is 11.6. The van der Waals surface area contributed by atoms with E-state index in [4.69, 9.17) is 4.74 Å². The molecule has 1 heterocycles. The Hall–Kier alpha value is -2.15. The number of esters is 1. The maximum atomic E-state index is 11.6. The molecule has 7 heteroatoms. The summed E-state index contributed by atoms with van der Waals surface area (Å²) in [6, 6.07) is 3.42. The van der Waals surface area contributed by atoms with Gasteiger partial charge in [0.25, 0.3) is 0 Å². The van der Waals surface area contributed by atoms with Crippen molar-refractivity contribution in [3.05, 3.63) is 18.3 Å². The number of benzene rings is 1. The summed E-state index contributed by atoms with van der Waals surface area (Å²) < 4.78 is 15.0. The first kappa shape index (κ1) is 14.3. The van der Waals surface area contributed by atoms with Crippen LogP contribution in [-0.2, 0) is 14.3 Å². The molecule has 0 fully saturated rings. The van der Waals surface area contributed by atoms with E-state index in [9.17, 15) is 9.59 Å². The topological polar surface area (TPSA) is 77.5 Å². The zero-order valence-corrected chi connectivity index (χ0v) is 12.0. The smallest absolute Gasteiger partial charge is 0.397 e. The van der Waals surface area contributed by atoms with Gasteiger partial charge in [-0.05, 0) is 37.5 Å². The van der Waals surface area contributed by atoms with Crippen molar-refractivity contribution in [3.8, 4) is 5.75 Å². The number of anilines is 1. The monoisotopic (exact) mass is 294 g/mol. The lowest BCUT2D eigenvalue weighted by molar-refractivity contribution is -0.152. The van der Waals surface area contributed by atoms with E-state index in [1.807, 2.05) is 6.92 Å². The van der Waals surface area contributed by atoms with Crippen molar-refractivity contribution >= 4 is 39.2 Å². The van der Waals surface area contributed by atoms with E-state index >= 15 is 0 Å². The molecule has 1 aromatic carbocycles. The lowest BCUT2D eigenvalue weighted by atomic mass is 10.2. The third-order valence-electron chi connectivity index (χ3n) is 2.49. The standard InChI is InChI=1S/C13H14N2O4S/c1-3-18-10-6-5-9(11-8(10)7-14-20-11)15-12(16)13(17)19-4-2/h5-7H,3-4H2,1-2H3,(H,15,16).